The molecule has 1 aliphatic carbocycles. The van der Waals surface area contributed by atoms with Crippen LogP contribution in [0.1, 0.15) is 41.9 Å². The molecule has 1 aromatic heterocycles. The van der Waals surface area contributed by atoms with Gasteiger partial charge in [0, 0.05) is 46.7 Å². The Morgan fingerprint density at radius 1 is 1.23 bits per heavy atom. The molecule has 0 aromatic carbocycles. The number of rotatable bonds is 4. The van der Waals surface area contributed by atoms with E-state index in [1.54, 1.807) is 23.9 Å². The summed E-state index contributed by atoms with van der Waals surface area (Å²) in [5, 5.41) is 7.12. The van der Waals surface area contributed by atoms with Gasteiger partial charge in [-0.2, -0.15) is 13.2 Å². The van der Waals surface area contributed by atoms with Gasteiger partial charge in [0.15, 0.2) is 0 Å². The zero-order valence-electron chi connectivity index (χ0n) is 17.9. The van der Waals surface area contributed by atoms with Gasteiger partial charge >= 0.3 is 18.1 Å². The summed E-state index contributed by atoms with van der Waals surface area (Å²) in [6.45, 7) is 3.85. The van der Waals surface area contributed by atoms with Crippen molar-refractivity contribution in [3.05, 3.63) is 17.3 Å². The van der Waals surface area contributed by atoms with E-state index in [1.807, 2.05) is 11.9 Å². The molecule has 0 unspecified atom stereocenters. The van der Waals surface area contributed by atoms with Crippen LogP contribution in [0.3, 0.4) is 0 Å². The van der Waals surface area contributed by atoms with Gasteiger partial charge in [-0.3, -0.25) is 14.5 Å². The quantitative estimate of drug-likeness (QED) is 0.746. The lowest BCUT2D eigenvalue weighted by atomic mass is 9.81. The second-order valence-corrected chi connectivity index (χ2v) is 8.09. The third kappa shape index (κ3) is 6.42. The number of halogens is 3. The van der Waals surface area contributed by atoms with E-state index in [0.29, 0.717) is 31.5 Å². The number of carboxylic acids is 1. The molecule has 2 amide bonds. The fourth-order valence-electron chi connectivity index (χ4n) is 3.30. The molecule has 2 aliphatic rings. The average Bonchev–Trinajstić information content (AvgIpc) is 3.07. The Morgan fingerprint density at radius 2 is 1.81 bits per heavy atom. The lowest BCUT2D eigenvalue weighted by Gasteiger charge is -2.38. The van der Waals surface area contributed by atoms with Crippen molar-refractivity contribution in [2.75, 3.05) is 34.2 Å². The summed E-state index contributed by atoms with van der Waals surface area (Å²) in [7, 11) is 5.33. The molecule has 1 fully saturated rings. The fourth-order valence-corrected chi connectivity index (χ4v) is 3.30. The number of alkyl halides is 3. The molecule has 1 aromatic rings. The van der Waals surface area contributed by atoms with Gasteiger partial charge in [-0.1, -0.05) is 6.92 Å². The van der Waals surface area contributed by atoms with Crippen LogP contribution < -0.4 is 0 Å². The van der Waals surface area contributed by atoms with Gasteiger partial charge in [-0.25, -0.2) is 9.78 Å². The minimum absolute atomic E-state index is 0.0667. The van der Waals surface area contributed by atoms with Crippen LogP contribution in [0.2, 0.25) is 0 Å². The maximum Gasteiger partial charge on any atom is 0.490 e. The smallest absolute Gasteiger partial charge is 0.475 e. The zero-order valence-corrected chi connectivity index (χ0v) is 17.9. The van der Waals surface area contributed by atoms with Crippen LogP contribution in [0, 0.1) is 5.92 Å². The summed E-state index contributed by atoms with van der Waals surface area (Å²) in [5.74, 6) is -1.18. The number of oxazole rings is 1. The first-order chi connectivity index (χ1) is 14.3. The molecule has 2 heterocycles. The van der Waals surface area contributed by atoms with Crippen LogP contribution in [0.5, 0.6) is 0 Å². The van der Waals surface area contributed by atoms with E-state index >= 15 is 0 Å². The molecule has 12 heteroatoms. The molecule has 0 saturated heterocycles. The van der Waals surface area contributed by atoms with E-state index in [-0.39, 0.29) is 17.7 Å². The third-order valence-electron chi connectivity index (χ3n) is 5.31. The van der Waals surface area contributed by atoms with E-state index in [9.17, 15) is 22.8 Å². The molecule has 0 radical (unpaired) electrons. The topological polar surface area (TPSA) is 107 Å². The summed E-state index contributed by atoms with van der Waals surface area (Å²) >= 11 is 0. The highest BCUT2D eigenvalue weighted by atomic mass is 19.4. The number of hydrogen-bond acceptors (Lipinski definition) is 6. The molecule has 3 rings (SSSR count). The molecule has 174 valence electrons. The number of carboxylic acid groups (broad SMARTS) is 1. The molecule has 0 bridgehead atoms. The minimum Gasteiger partial charge on any atom is -0.475 e. The van der Waals surface area contributed by atoms with Crippen molar-refractivity contribution >= 4 is 17.8 Å². The third-order valence-corrected chi connectivity index (χ3v) is 5.31. The Hall–Kier alpha value is -2.63. The van der Waals surface area contributed by atoms with Gasteiger partial charge in [-0.15, -0.1) is 0 Å². The molecule has 0 spiro atoms. The van der Waals surface area contributed by atoms with Gasteiger partial charge < -0.3 is 19.3 Å². The average molecular weight is 448 g/mol. The Bertz CT molecular complexity index is 818. The van der Waals surface area contributed by atoms with E-state index < -0.39 is 12.1 Å². The molecule has 1 saturated carbocycles. The van der Waals surface area contributed by atoms with Gasteiger partial charge in [0.2, 0.25) is 5.91 Å². The van der Waals surface area contributed by atoms with Gasteiger partial charge in [0.1, 0.15) is 5.76 Å². The molecule has 0 atom stereocenters. The first-order valence-corrected chi connectivity index (χ1v) is 9.78. The lowest BCUT2D eigenvalue weighted by Crippen LogP contribution is -2.44. The van der Waals surface area contributed by atoms with Crippen LogP contribution in [-0.2, 0) is 22.6 Å². The predicted octanol–water partition coefficient (Wildman–Crippen LogP) is 1.62. The molecule has 1 N–H and O–H groups in total. The van der Waals surface area contributed by atoms with Crippen LogP contribution in [0.4, 0.5) is 13.2 Å². The number of carbonyl (C=O) groups excluding carboxylic acids is 2. The number of fused-ring (bicyclic) bond motifs is 1. The number of likely N-dealkylation sites (N-methyl/N-ethyl adjacent to an activating group) is 1. The summed E-state index contributed by atoms with van der Waals surface area (Å²) in [6, 6.07) is 0.297. The first-order valence-electron chi connectivity index (χ1n) is 9.78. The van der Waals surface area contributed by atoms with Gasteiger partial charge in [-0.05, 0) is 18.8 Å². The number of aromatic nitrogens is 1. The Kier molecular flexibility index (Phi) is 7.68. The first kappa shape index (κ1) is 24.6. The fraction of sp³-hybridized carbons (Fsp3) is 0.684. The molecule has 9 nitrogen and oxygen atoms in total. The summed E-state index contributed by atoms with van der Waals surface area (Å²) in [6.07, 6.45) is -2.31. The van der Waals surface area contributed by atoms with Crippen LogP contribution in [0.15, 0.2) is 4.42 Å². The standard InChI is InChI=1S/C17H26N4O3.C2HF3O2/c1-11-7-12(8-11)20(4)17(23)16-18-13-9-21(6-5-14(13)24-16)10-15(22)19(2)3;3-2(4,5)1(6)7/h11-12H,5-10H2,1-4H3;(H,6,7). The second kappa shape index (κ2) is 9.67. The van der Waals surface area contributed by atoms with Crippen molar-refractivity contribution in [2.24, 2.45) is 5.92 Å². The number of amides is 2. The highest BCUT2D eigenvalue weighted by Gasteiger charge is 2.38. The molecule has 31 heavy (non-hydrogen) atoms. The van der Waals surface area contributed by atoms with Crippen molar-refractivity contribution in [1.82, 2.24) is 19.7 Å². The number of nitrogens with zero attached hydrogens (tertiary/aromatic N) is 4. The maximum absolute atomic E-state index is 12.5. The maximum atomic E-state index is 12.5. The van der Waals surface area contributed by atoms with Crippen molar-refractivity contribution in [1.29, 1.82) is 0 Å². The van der Waals surface area contributed by atoms with Gasteiger partial charge in [0.25, 0.3) is 5.89 Å². The van der Waals surface area contributed by atoms with Crippen molar-refractivity contribution in [2.45, 2.75) is 44.9 Å². The van der Waals surface area contributed by atoms with Crippen molar-refractivity contribution in [3.63, 3.8) is 0 Å². The van der Waals surface area contributed by atoms with Crippen LogP contribution in [-0.4, -0.2) is 89.0 Å². The number of carbonyl (C=O) groups is 3. The molecular weight excluding hydrogens is 421 g/mol. The van der Waals surface area contributed by atoms with Crippen LogP contribution in [0.25, 0.3) is 0 Å². The number of aliphatic carboxylic acids is 1. The Labute approximate surface area is 177 Å². The minimum atomic E-state index is -5.08. The second-order valence-electron chi connectivity index (χ2n) is 8.09. The van der Waals surface area contributed by atoms with Crippen molar-refractivity contribution in [3.8, 4) is 0 Å². The Balaban J connectivity index is 0.000000423. The largest absolute Gasteiger partial charge is 0.490 e. The van der Waals surface area contributed by atoms with E-state index in [4.69, 9.17) is 14.3 Å². The lowest BCUT2D eigenvalue weighted by molar-refractivity contribution is -0.192. The monoisotopic (exact) mass is 448 g/mol. The highest BCUT2D eigenvalue weighted by molar-refractivity contribution is 5.90. The SMILES string of the molecule is CC1CC(N(C)C(=O)c2nc3c(o2)CCN(CC(=O)N(C)C)C3)C1.O=C(O)C(F)(F)F. The normalized spacial score (nSPS) is 20.6. The van der Waals surface area contributed by atoms with E-state index in [0.717, 1.165) is 30.8 Å². The predicted molar refractivity (Wildman–Crippen MR) is 102 cm³/mol. The van der Waals surface area contributed by atoms with E-state index in [1.165, 1.54) is 0 Å². The summed E-state index contributed by atoms with van der Waals surface area (Å²) < 4.78 is 37.4. The zero-order chi connectivity index (χ0) is 23.5. The number of hydrogen-bond donors (Lipinski definition) is 1. The highest BCUT2D eigenvalue weighted by Crippen LogP contribution is 2.31. The molecule has 1 aliphatic heterocycles. The van der Waals surface area contributed by atoms with Gasteiger partial charge in [0.05, 0.1) is 12.2 Å². The summed E-state index contributed by atoms with van der Waals surface area (Å²) in [4.78, 5) is 43.1. The van der Waals surface area contributed by atoms with Crippen molar-refractivity contribution < 1.29 is 37.1 Å². The Morgan fingerprint density at radius 3 is 2.29 bits per heavy atom. The molecular formula is C19H27F3N4O5. The van der Waals surface area contributed by atoms with Crippen LogP contribution >= 0.6 is 0 Å². The summed E-state index contributed by atoms with van der Waals surface area (Å²) in [5.41, 5.74) is 0.784. The van der Waals surface area contributed by atoms with E-state index in [2.05, 4.69) is 11.9 Å².